The van der Waals surface area contributed by atoms with Crippen molar-refractivity contribution in [3.63, 3.8) is 0 Å². The van der Waals surface area contributed by atoms with Gasteiger partial charge in [0, 0.05) is 46.7 Å². The van der Waals surface area contributed by atoms with Gasteiger partial charge in [0.05, 0.1) is 5.56 Å². The van der Waals surface area contributed by atoms with Gasteiger partial charge in [-0.3, -0.25) is 19.6 Å². The van der Waals surface area contributed by atoms with Gasteiger partial charge >= 0.3 is 0 Å². The Bertz CT molecular complexity index is 932. The Morgan fingerprint density at radius 2 is 1.81 bits per heavy atom. The Hall–Kier alpha value is -3.19. The van der Waals surface area contributed by atoms with E-state index in [0.29, 0.717) is 22.6 Å². The van der Waals surface area contributed by atoms with Crippen molar-refractivity contribution in [2.45, 2.75) is 10.6 Å². The largest absolute Gasteiger partial charge is 0.366 e. The highest BCUT2D eigenvalue weighted by molar-refractivity contribution is 7.98. The number of primary amides is 1. The highest BCUT2D eigenvalue weighted by atomic mass is 32.2. The van der Waals surface area contributed by atoms with Crippen molar-refractivity contribution in [3.05, 3.63) is 83.9 Å². The van der Waals surface area contributed by atoms with E-state index in [-0.39, 0.29) is 5.91 Å². The maximum Gasteiger partial charge on any atom is 0.255 e. The van der Waals surface area contributed by atoms with E-state index in [1.54, 1.807) is 36.8 Å². The van der Waals surface area contributed by atoms with Gasteiger partial charge < -0.3 is 11.1 Å². The van der Waals surface area contributed by atoms with Gasteiger partial charge in [-0.15, -0.1) is 11.8 Å². The first kappa shape index (κ1) is 17.6. The molecule has 130 valence electrons. The Morgan fingerprint density at radius 3 is 2.58 bits per heavy atom. The molecular weight excluding hydrogens is 348 g/mol. The van der Waals surface area contributed by atoms with Crippen molar-refractivity contribution < 1.29 is 9.59 Å². The van der Waals surface area contributed by atoms with Crippen LogP contribution in [0.15, 0.2) is 72.1 Å². The summed E-state index contributed by atoms with van der Waals surface area (Å²) in [5, 5.41) is 2.87. The Morgan fingerprint density at radius 1 is 1.00 bits per heavy atom. The van der Waals surface area contributed by atoms with Crippen LogP contribution < -0.4 is 11.1 Å². The number of nitrogens with zero attached hydrogens (tertiary/aromatic N) is 2. The van der Waals surface area contributed by atoms with E-state index in [1.807, 2.05) is 24.3 Å². The third kappa shape index (κ3) is 4.67. The van der Waals surface area contributed by atoms with Crippen molar-refractivity contribution in [3.8, 4) is 0 Å². The van der Waals surface area contributed by atoms with Gasteiger partial charge in [0.1, 0.15) is 0 Å². The molecule has 7 heteroatoms. The predicted molar refractivity (Wildman–Crippen MR) is 101 cm³/mol. The monoisotopic (exact) mass is 364 g/mol. The van der Waals surface area contributed by atoms with Crippen LogP contribution in [0.4, 0.5) is 5.69 Å². The van der Waals surface area contributed by atoms with Crippen LogP contribution in [0.25, 0.3) is 0 Å². The van der Waals surface area contributed by atoms with E-state index < -0.39 is 5.91 Å². The number of pyridine rings is 2. The average Bonchev–Trinajstić information content (AvgIpc) is 2.67. The molecule has 0 spiro atoms. The van der Waals surface area contributed by atoms with Crippen LogP contribution in [-0.2, 0) is 5.75 Å². The van der Waals surface area contributed by atoms with Crippen molar-refractivity contribution in [1.29, 1.82) is 0 Å². The lowest BCUT2D eigenvalue weighted by atomic mass is 10.2. The smallest absolute Gasteiger partial charge is 0.255 e. The van der Waals surface area contributed by atoms with Crippen molar-refractivity contribution in [2.75, 3.05) is 5.32 Å². The van der Waals surface area contributed by atoms with Gasteiger partial charge in [-0.2, -0.15) is 0 Å². The van der Waals surface area contributed by atoms with Crippen LogP contribution in [0.3, 0.4) is 0 Å². The molecule has 0 aliphatic heterocycles. The molecule has 6 nitrogen and oxygen atoms in total. The number of thioether (sulfide) groups is 1. The normalized spacial score (nSPS) is 10.3. The number of aromatic nitrogens is 2. The molecule has 0 saturated heterocycles. The van der Waals surface area contributed by atoms with Crippen LogP contribution in [0.2, 0.25) is 0 Å². The molecule has 0 atom stereocenters. The highest BCUT2D eigenvalue weighted by Gasteiger charge is 2.07. The highest BCUT2D eigenvalue weighted by Crippen LogP contribution is 2.24. The number of hydrogen-bond donors (Lipinski definition) is 2. The number of nitrogens with one attached hydrogen (secondary N) is 1. The summed E-state index contributed by atoms with van der Waals surface area (Å²) in [7, 11) is 0. The van der Waals surface area contributed by atoms with Crippen LogP contribution in [0, 0.1) is 0 Å². The van der Waals surface area contributed by atoms with E-state index >= 15 is 0 Å². The Balaban J connectivity index is 1.65. The van der Waals surface area contributed by atoms with Gasteiger partial charge in [0.25, 0.3) is 5.91 Å². The quantitative estimate of drug-likeness (QED) is 0.655. The number of benzene rings is 1. The molecule has 26 heavy (non-hydrogen) atoms. The minimum absolute atomic E-state index is 0.185. The third-order valence-electron chi connectivity index (χ3n) is 3.53. The number of nitrogens with two attached hydrogens (primary N) is 1. The summed E-state index contributed by atoms with van der Waals surface area (Å²) in [5.41, 5.74) is 7.96. The molecule has 0 aliphatic rings. The van der Waals surface area contributed by atoms with Gasteiger partial charge in [-0.1, -0.05) is 12.1 Å². The third-order valence-corrected chi connectivity index (χ3v) is 4.56. The van der Waals surface area contributed by atoms with Crippen LogP contribution in [-0.4, -0.2) is 21.8 Å². The van der Waals surface area contributed by atoms with E-state index in [1.165, 1.54) is 18.0 Å². The minimum atomic E-state index is -0.499. The molecule has 2 aromatic heterocycles. The molecule has 0 unspecified atom stereocenters. The topological polar surface area (TPSA) is 98.0 Å². The lowest BCUT2D eigenvalue weighted by Crippen LogP contribution is -2.11. The predicted octanol–water partition coefficient (Wildman–Crippen LogP) is 3.12. The molecule has 0 saturated carbocycles. The molecule has 1 aromatic carbocycles. The molecule has 3 rings (SSSR count). The van der Waals surface area contributed by atoms with E-state index in [9.17, 15) is 9.59 Å². The number of amides is 2. The minimum Gasteiger partial charge on any atom is -0.366 e. The number of carbonyl (C=O) groups excluding carboxylic acids is 2. The summed E-state index contributed by atoms with van der Waals surface area (Å²) < 4.78 is 0. The molecule has 0 radical (unpaired) electrons. The fourth-order valence-electron chi connectivity index (χ4n) is 2.24. The Labute approximate surface area is 154 Å². The van der Waals surface area contributed by atoms with Crippen LogP contribution in [0.5, 0.6) is 0 Å². The van der Waals surface area contributed by atoms with Crippen LogP contribution >= 0.6 is 11.8 Å². The molecule has 2 amide bonds. The first-order chi connectivity index (χ1) is 12.6. The summed E-state index contributed by atoms with van der Waals surface area (Å²) in [6.45, 7) is 0. The van der Waals surface area contributed by atoms with E-state index in [2.05, 4.69) is 15.3 Å². The standard InChI is InChI=1S/C19H16N4O2S/c20-18(24)15-9-17(11-22-10-15)26-12-13-2-1-3-16(8-13)23-19(25)14-4-6-21-7-5-14/h1-11H,12H2,(H2,20,24)(H,23,25). The number of anilines is 1. The first-order valence-corrected chi connectivity index (χ1v) is 8.78. The zero-order valence-electron chi connectivity index (χ0n) is 13.8. The number of rotatable bonds is 6. The molecule has 2 heterocycles. The fourth-order valence-corrected chi connectivity index (χ4v) is 3.10. The number of hydrogen-bond acceptors (Lipinski definition) is 5. The molecular formula is C19H16N4O2S. The van der Waals surface area contributed by atoms with Gasteiger partial charge in [-0.05, 0) is 35.9 Å². The van der Waals surface area contributed by atoms with Crippen LogP contribution in [0.1, 0.15) is 26.3 Å². The second kappa shape index (κ2) is 8.26. The van der Waals surface area contributed by atoms with Gasteiger partial charge in [-0.25, -0.2) is 0 Å². The van der Waals surface area contributed by atoms with Gasteiger partial charge in [0.2, 0.25) is 5.91 Å². The van der Waals surface area contributed by atoms with E-state index in [0.717, 1.165) is 10.5 Å². The number of carbonyl (C=O) groups is 2. The second-order valence-electron chi connectivity index (χ2n) is 5.45. The molecule has 0 aliphatic carbocycles. The molecule has 0 fully saturated rings. The molecule has 0 bridgehead atoms. The maximum absolute atomic E-state index is 12.2. The molecule has 3 aromatic rings. The zero-order chi connectivity index (χ0) is 18.4. The summed E-state index contributed by atoms with van der Waals surface area (Å²) in [4.78, 5) is 32.2. The zero-order valence-corrected chi connectivity index (χ0v) is 14.6. The SMILES string of the molecule is NC(=O)c1cncc(SCc2cccc(NC(=O)c3ccncc3)c2)c1. The first-order valence-electron chi connectivity index (χ1n) is 7.80. The Kier molecular flexibility index (Phi) is 5.60. The van der Waals surface area contributed by atoms with E-state index in [4.69, 9.17) is 5.73 Å². The summed E-state index contributed by atoms with van der Waals surface area (Å²) in [5.74, 6) is -0.0144. The lowest BCUT2D eigenvalue weighted by Gasteiger charge is -2.08. The maximum atomic E-state index is 12.2. The lowest BCUT2D eigenvalue weighted by molar-refractivity contribution is 0.0997. The second-order valence-corrected chi connectivity index (χ2v) is 6.50. The average molecular weight is 364 g/mol. The summed E-state index contributed by atoms with van der Waals surface area (Å²) >= 11 is 1.54. The summed E-state index contributed by atoms with van der Waals surface area (Å²) in [6.07, 6.45) is 6.29. The van der Waals surface area contributed by atoms with Crippen molar-refractivity contribution >= 4 is 29.3 Å². The van der Waals surface area contributed by atoms with Gasteiger partial charge in [0.15, 0.2) is 0 Å². The molecule has 3 N–H and O–H groups in total. The van der Waals surface area contributed by atoms with Crippen molar-refractivity contribution in [1.82, 2.24) is 9.97 Å². The summed E-state index contributed by atoms with van der Waals surface area (Å²) in [6, 6.07) is 12.6. The van der Waals surface area contributed by atoms with Crippen molar-refractivity contribution in [2.24, 2.45) is 5.73 Å². The fraction of sp³-hybridized carbons (Fsp3) is 0.0526.